The van der Waals surface area contributed by atoms with Gasteiger partial charge in [-0.05, 0) is 74.9 Å². The van der Waals surface area contributed by atoms with Gasteiger partial charge in [0.05, 0.1) is 23.1 Å². The van der Waals surface area contributed by atoms with E-state index in [0.29, 0.717) is 18.0 Å². The molecule has 1 spiro atoms. The minimum Gasteiger partial charge on any atom is -0.349 e. The molecule has 2 heterocycles. The molecule has 2 aromatic carbocycles. The zero-order valence-corrected chi connectivity index (χ0v) is 20.3. The molecule has 0 bridgehead atoms. The minimum absolute atomic E-state index is 0.0382. The SMILES string of the molecule is N#Cc1ccc(CN2CCC3(CCN(CC[C@H](NC(=O)C4CC4)c4ccccc4)CC3)C2=O)cc1. The first kappa shape index (κ1) is 23.6. The smallest absolute Gasteiger partial charge is 0.229 e. The van der Waals surface area contributed by atoms with Gasteiger partial charge in [-0.3, -0.25) is 9.59 Å². The third kappa shape index (κ3) is 5.41. The van der Waals surface area contributed by atoms with Gasteiger partial charge in [-0.1, -0.05) is 42.5 Å². The second-order valence-corrected chi connectivity index (χ2v) is 10.4. The quantitative estimate of drug-likeness (QED) is 0.632. The number of nitriles is 1. The first-order valence-electron chi connectivity index (χ1n) is 12.9. The van der Waals surface area contributed by atoms with Crippen LogP contribution in [0, 0.1) is 22.7 Å². The molecule has 3 aliphatic rings. The largest absolute Gasteiger partial charge is 0.349 e. The first-order chi connectivity index (χ1) is 17.1. The Morgan fingerprint density at radius 3 is 2.37 bits per heavy atom. The van der Waals surface area contributed by atoms with Gasteiger partial charge in [0.2, 0.25) is 11.8 Å². The van der Waals surface area contributed by atoms with Gasteiger partial charge in [0.25, 0.3) is 0 Å². The number of likely N-dealkylation sites (tertiary alicyclic amines) is 2. The van der Waals surface area contributed by atoms with E-state index in [4.69, 9.17) is 5.26 Å². The maximum absolute atomic E-state index is 13.4. The van der Waals surface area contributed by atoms with E-state index in [-0.39, 0.29) is 23.3 Å². The van der Waals surface area contributed by atoms with Crippen LogP contribution in [0.15, 0.2) is 54.6 Å². The Balaban J connectivity index is 1.14. The molecular weight excluding hydrogens is 436 g/mol. The van der Waals surface area contributed by atoms with Gasteiger partial charge < -0.3 is 15.1 Å². The lowest BCUT2D eigenvalue weighted by atomic mass is 9.77. The number of carbonyl (C=O) groups excluding carboxylic acids is 2. The topological polar surface area (TPSA) is 76.4 Å². The summed E-state index contributed by atoms with van der Waals surface area (Å²) in [5, 5.41) is 12.3. The maximum Gasteiger partial charge on any atom is 0.229 e. The summed E-state index contributed by atoms with van der Waals surface area (Å²) in [4.78, 5) is 30.3. The highest BCUT2D eigenvalue weighted by Gasteiger charge is 2.47. The number of benzene rings is 2. The molecule has 182 valence electrons. The van der Waals surface area contributed by atoms with Gasteiger partial charge >= 0.3 is 0 Å². The van der Waals surface area contributed by atoms with Gasteiger partial charge in [0.15, 0.2) is 0 Å². The molecule has 2 aromatic rings. The molecule has 1 atom stereocenters. The standard InChI is InChI=1S/C29H34N4O2/c30-20-22-6-8-23(9-7-22)21-33-19-15-29(28(33)35)13-17-32(18-14-29)16-12-26(24-4-2-1-3-5-24)31-27(34)25-10-11-25/h1-9,25-26H,10-19,21H2,(H,31,34)/t26-/m0/s1. The molecule has 1 aliphatic carbocycles. The molecular formula is C29H34N4O2. The molecule has 6 heteroatoms. The number of nitrogens with one attached hydrogen (secondary N) is 1. The fraction of sp³-hybridized carbons (Fsp3) is 0.483. The molecule has 0 aromatic heterocycles. The third-order valence-corrected chi connectivity index (χ3v) is 8.07. The number of piperidine rings is 1. The monoisotopic (exact) mass is 470 g/mol. The Kier molecular flexibility index (Phi) is 6.88. The summed E-state index contributed by atoms with van der Waals surface area (Å²) >= 11 is 0. The van der Waals surface area contributed by atoms with Crippen LogP contribution in [0.4, 0.5) is 0 Å². The maximum atomic E-state index is 13.4. The van der Waals surface area contributed by atoms with E-state index in [2.05, 4.69) is 28.4 Å². The predicted octanol–water partition coefficient (Wildman–Crippen LogP) is 4.03. The van der Waals surface area contributed by atoms with E-state index in [9.17, 15) is 9.59 Å². The lowest BCUT2D eigenvalue weighted by Gasteiger charge is -2.38. The second-order valence-electron chi connectivity index (χ2n) is 10.4. The van der Waals surface area contributed by atoms with E-state index in [1.165, 1.54) is 5.56 Å². The van der Waals surface area contributed by atoms with Crippen molar-refractivity contribution in [2.24, 2.45) is 11.3 Å². The molecule has 35 heavy (non-hydrogen) atoms. The van der Waals surface area contributed by atoms with Crippen molar-refractivity contribution in [3.63, 3.8) is 0 Å². The van der Waals surface area contributed by atoms with Crippen LogP contribution in [0.25, 0.3) is 0 Å². The highest BCUT2D eigenvalue weighted by atomic mass is 16.2. The molecule has 6 nitrogen and oxygen atoms in total. The highest BCUT2D eigenvalue weighted by Crippen LogP contribution is 2.42. The van der Waals surface area contributed by atoms with Crippen LogP contribution in [0.2, 0.25) is 0 Å². The number of hydrogen-bond donors (Lipinski definition) is 1. The van der Waals surface area contributed by atoms with Crippen molar-refractivity contribution >= 4 is 11.8 Å². The van der Waals surface area contributed by atoms with Crippen molar-refractivity contribution in [1.29, 1.82) is 5.26 Å². The van der Waals surface area contributed by atoms with E-state index in [1.807, 2.05) is 47.4 Å². The number of hydrogen-bond acceptors (Lipinski definition) is 4. The summed E-state index contributed by atoms with van der Waals surface area (Å²) in [5.41, 5.74) is 2.67. The van der Waals surface area contributed by atoms with Gasteiger partial charge in [-0.2, -0.15) is 5.26 Å². The Hall–Kier alpha value is -3.17. The molecule has 0 radical (unpaired) electrons. The Morgan fingerprint density at radius 1 is 1.03 bits per heavy atom. The molecule has 0 unspecified atom stereocenters. The van der Waals surface area contributed by atoms with Crippen LogP contribution in [0.1, 0.15) is 61.3 Å². The number of amides is 2. The first-order valence-corrected chi connectivity index (χ1v) is 12.9. The van der Waals surface area contributed by atoms with Gasteiger partial charge in [0.1, 0.15) is 0 Å². The van der Waals surface area contributed by atoms with Crippen molar-refractivity contribution in [1.82, 2.24) is 15.1 Å². The van der Waals surface area contributed by atoms with Crippen LogP contribution in [0.5, 0.6) is 0 Å². The Morgan fingerprint density at radius 2 is 1.71 bits per heavy atom. The van der Waals surface area contributed by atoms with Crippen LogP contribution >= 0.6 is 0 Å². The summed E-state index contributed by atoms with van der Waals surface area (Å²) in [6, 6.07) is 20.0. The molecule has 1 N–H and O–H groups in total. The van der Waals surface area contributed by atoms with E-state index in [1.54, 1.807) is 0 Å². The van der Waals surface area contributed by atoms with E-state index in [0.717, 1.165) is 70.3 Å². The van der Waals surface area contributed by atoms with Gasteiger partial charge in [0, 0.05) is 25.6 Å². The summed E-state index contributed by atoms with van der Waals surface area (Å²) in [6.45, 7) is 4.20. The fourth-order valence-electron chi connectivity index (χ4n) is 5.57. The molecule has 3 fully saturated rings. The van der Waals surface area contributed by atoms with Crippen molar-refractivity contribution in [2.45, 2.75) is 51.1 Å². The normalized spacial score (nSPS) is 20.5. The van der Waals surface area contributed by atoms with Crippen LogP contribution in [0.3, 0.4) is 0 Å². The fourth-order valence-corrected chi connectivity index (χ4v) is 5.57. The van der Waals surface area contributed by atoms with Crippen molar-refractivity contribution < 1.29 is 9.59 Å². The number of rotatable bonds is 8. The van der Waals surface area contributed by atoms with Crippen LogP contribution < -0.4 is 5.32 Å². The number of nitrogens with zero attached hydrogens (tertiary/aromatic N) is 3. The molecule has 1 saturated carbocycles. The summed E-state index contributed by atoms with van der Waals surface area (Å²) in [7, 11) is 0. The summed E-state index contributed by atoms with van der Waals surface area (Å²) in [5.74, 6) is 0.687. The Bertz CT molecular complexity index is 1080. The predicted molar refractivity (Wildman–Crippen MR) is 134 cm³/mol. The van der Waals surface area contributed by atoms with Crippen LogP contribution in [-0.4, -0.2) is 47.8 Å². The van der Waals surface area contributed by atoms with Crippen LogP contribution in [-0.2, 0) is 16.1 Å². The molecule has 2 saturated heterocycles. The summed E-state index contributed by atoms with van der Waals surface area (Å²) < 4.78 is 0. The lowest BCUT2D eigenvalue weighted by Crippen LogP contribution is -2.45. The Labute approximate surface area is 207 Å². The minimum atomic E-state index is -0.220. The average Bonchev–Trinajstić information content (AvgIpc) is 3.72. The summed E-state index contributed by atoms with van der Waals surface area (Å²) in [6.07, 6.45) is 5.64. The van der Waals surface area contributed by atoms with Crippen molar-refractivity contribution in [2.75, 3.05) is 26.2 Å². The molecule has 2 amide bonds. The zero-order valence-electron chi connectivity index (χ0n) is 20.3. The van der Waals surface area contributed by atoms with Gasteiger partial charge in [-0.25, -0.2) is 0 Å². The number of carbonyl (C=O) groups is 2. The lowest BCUT2D eigenvalue weighted by molar-refractivity contribution is -0.139. The van der Waals surface area contributed by atoms with Crippen molar-refractivity contribution in [3.8, 4) is 6.07 Å². The molecule has 5 rings (SSSR count). The molecule has 2 aliphatic heterocycles. The van der Waals surface area contributed by atoms with E-state index >= 15 is 0 Å². The highest BCUT2D eigenvalue weighted by molar-refractivity contribution is 5.85. The van der Waals surface area contributed by atoms with E-state index < -0.39 is 0 Å². The third-order valence-electron chi connectivity index (χ3n) is 8.07. The zero-order chi connectivity index (χ0) is 24.3. The second kappa shape index (κ2) is 10.2. The van der Waals surface area contributed by atoms with Gasteiger partial charge in [-0.15, -0.1) is 0 Å². The van der Waals surface area contributed by atoms with Crippen molar-refractivity contribution in [3.05, 3.63) is 71.3 Å². The average molecular weight is 471 g/mol.